The molecular formula is C22H29F3N2O4. The third-order valence-corrected chi connectivity index (χ3v) is 6.02. The molecule has 2 aliphatic heterocycles. The highest BCUT2D eigenvalue weighted by Crippen LogP contribution is 2.32. The first-order valence-electron chi connectivity index (χ1n) is 10.7. The van der Waals surface area contributed by atoms with E-state index in [9.17, 15) is 18.0 Å². The Bertz CT molecular complexity index is 740. The molecule has 2 heterocycles. The smallest absolute Gasteiger partial charge is 0.475 e. The number of alkyl halides is 3. The maximum absolute atomic E-state index is 12.5. The topological polar surface area (TPSA) is 78.9 Å². The molecule has 1 amide bonds. The van der Waals surface area contributed by atoms with E-state index in [0.717, 1.165) is 51.4 Å². The van der Waals surface area contributed by atoms with Crippen molar-refractivity contribution in [1.29, 1.82) is 0 Å². The first kappa shape index (κ1) is 23.5. The summed E-state index contributed by atoms with van der Waals surface area (Å²) >= 11 is 0. The fourth-order valence-corrected chi connectivity index (χ4v) is 4.13. The second kappa shape index (κ2) is 10.5. The van der Waals surface area contributed by atoms with E-state index in [1.54, 1.807) is 0 Å². The van der Waals surface area contributed by atoms with Gasteiger partial charge in [-0.1, -0.05) is 30.3 Å². The Morgan fingerprint density at radius 2 is 1.84 bits per heavy atom. The lowest BCUT2D eigenvalue weighted by atomic mass is 9.89. The van der Waals surface area contributed by atoms with Crippen LogP contribution in [0.15, 0.2) is 30.3 Å². The summed E-state index contributed by atoms with van der Waals surface area (Å²) < 4.78 is 37.7. The van der Waals surface area contributed by atoms with Crippen molar-refractivity contribution in [3.8, 4) is 0 Å². The molecule has 3 atom stereocenters. The van der Waals surface area contributed by atoms with E-state index < -0.39 is 12.1 Å². The fraction of sp³-hybridized carbons (Fsp3) is 0.636. The number of benzene rings is 1. The monoisotopic (exact) mass is 442 g/mol. The minimum absolute atomic E-state index is 0.0823. The van der Waals surface area contributed by atoms with Crippen LogP contribution in [0, 0.1) is 11.8 Å². The van der Waals surface area contributed by atoms with Gasteiger partial charge in [-0.15, -0.1) is 0 Å². The SMILES string of the molecule is O=C(NCC1CC1)[C@H]1C[C@H]2OCC[C@H]2N(CCc2ccccc2)C1.O=C(O)C(F)(F)F. The van der Waals surface area contributed by atoms with Crippen LogP contribution in [0.25, 0.3) is 0 Å². The summed E-state index contributed by atoms with van der Waals surface area (Å²) in [6.07, 6.45) is 0.759. The van der Waals surface area contributed by atoms with E-state index in [0.29, 0.717) is 6.04 Å². The van der Waals surface area contributed by atoms with Crippen LogP contribution in [0.2, 0.25) is 0 Å². The van der Waals surface area contributed by atoms with Gasteiger partial charge in [0.15, 0.2) is 0 Å². The zero-order valence-electron chi connectivity index (χ0n) is 17.3. The van der Waals surface area contributed by atoms with Crippen molar-refractivity contribution in [2.45, 2.75) is 50.4 Å². The lowest BCUT2D eigenvalue weighted by molar-refractivity contribution is -0.192. The molecule has 1 aliphatic carbocycles. The Balaban J connectivity index is 0.000000339. The van der Waals surface area contributed by atoms with Crippen LogP contribution in [-0.4, -0.2) is 66.4 Å². The second-order valence-electron chi connectivity index (χ2n) is 8.42. The average molecular weight is 442 g/mol. The minimum atomic E-state index is -5.08. The third-order valence-electron chi connectivity index (χ3n) is 6.02. The quantitative estimate of drug-likeness (QED) is 0.709. The van der Waals surface area contributed by atoms with Crippen LogP contribution in [0.1, 0.15) is 31.2 Å². The highest BCUT2D eigenvalue weighted by molar-refractivity contribution is 5.79. The van der Waals surface area contributed by atoms with Crippen LogP contribution >= 0.6 is 0 Å². The van der Waals surface area contributed by atoms with Crippen molar-refractivity contribution < 1.29 is 32.6 Å². The summed E-state index contributed by atoms with van der Waals surface area (Å²) in [6, 6.07) is 11.1. The zero-order valence-corrected chi connectivity index (χ0v) is 17.3. The van der Waals surface area contributed by atoms with Crippen molar-refractivity contribution in [3.63, 3.8) is 0 Å². The summed E-state index contributed by atoms with van der Waals surface area (Å²) in [7, 11) is 0. The minimum Gasteiger partial charge on any atom is -0.475 e. The standard InChI is InChI=1S/C20H28N2O2.C2HF3O2/c23-20(21-13-16-6-7-16)17-12-19-18(9-11-24-19)22(14-17)10-8-15-4-2-1-3-5-15;3-2(4,5)1(6)7/h1-5,16-19H,6-14H2,(H,21,23);(H,6,7)/t17-,18+,19+;/m0./s1. The summed E-state index contributed by atoms with van der Waals surface area (Å²) in [5.41, 5.74) is 1.37. The van der Waals surface area contributed by atoms with Gasteiger partial charge < -0.3 is 15.2 Å². The van der Waals surface area contributed by atoms with Gasteiger partial charge >= 0.3 is 12.1 Å². The molecule has 0 aromatic heterocycles. The van der Waals surface area contributed by atoms with Gasteiger partial charge in [0.2, 0.25) is 5.91 Å². The first-order valence-corrected chi connectivity index (χ1v) is 10.7. The molecule has 9 heteroatoms. The van der Waals surface area contributed by atoms with Gasteiger partial charge in [-0.05, 0) is 43.6 Å². The lowest BCUT2D eigenvalue weighted by Crippen LogP contribution is -2.53. The molecule has 0 spiro atoms. The van der Waals surface area contributed by atoms with Gasteiger partial charge in [-0.25, -0.2) is 4.79 Å². The molecule has 3 fully saturated rings. The third kappa shape index (κ3) is 7.21. The molecule has 2 saturated heterocycles. The molecule has 4 rings (SSSR count). The van der Waals surface area contributed by atoms with Gasteiger partial charge in [-0.3, -0.25) is 9.69 Å². The number of halogens is 3. The number of carboxylic acids is 1. The highest BCUT2D eigenvalue weighted by atomic mass is 19.4. The van der Waals surface area contributed by atoms with Gasteiger partial charge in [0.1, 0.15) is 0 Å². The summed E-state index contributed by atoms with van der Waals surface area (Å²) in [6.45, 7) is 3.61. The number of carbonyl (C=O) groups excluding carboxylic acids is 1. The Morgan fingerprint density at radius 3 is 2.45 bits per heavy atom. The largest absolute Gasteiger partial charge is 0.490 e. The molecule has 6 nitrogen and oxygen atoms in total. The van der Waals surface area contributed by atoms with Crippen molar-refractivity contribution in [1.82, 2.24) is 10.2 Å². The molecule has 0 radical (unpaired) electrons. The summed E-state index contributed by atoms with van der Waals surface area (Å²) in [5.74, 6) is -1.70. The molecule has 2 N–H and O–H groups in total. The van der Waals surface area contributed by atoms with Gasteiger partial charge in [0.25, 0.3) is 0 Å². The van der Waals surface area contributed by atoms with Crippen molar-refractivity contribution >= 4 is 11.9 Å². The Labute approximate surface area is 179 Å². The van der Waals surface area contributed by atoms with Crippen LogP contribution in [-0.2, 0) is 20.7 Å². The molecular weight excluding hydrogens is 413 g/mol. The van der Waals surface area contributed by atoms with E-state index >= 15 is 0 Å². The van der Waals surface area contributed by atoms with E-state index in [-0.39, 0.29) is 17.9 Å². The molecule has 1 aromatic carbocycles. The maximum Gasteiger partial charge on any atom is 0.490 e. The molecule has 1 aromatic rings. The van der Waals surface area contributed by atoms with Crippen molar-refractivity contribution in [2.24, 2.45) is 11.8 Å². The number of carboxylic acid groups (broad SMARTS) is 1. The Kier molecular flexibility index (Phi) is 7.94. The predicted octanol–water partition coefficient (Wildman–Crippen LogP) is 2.87. The first-order chi connectivity index (χ1) is 14.7. The number of nitrogens with one attached hydrogen (secondary N) is 1. The average Bonchev–Trinajstić information content (AvgIpc) is 3.45. The fourth-order valence-electron chi connectivity index (χ4n) is 4.13. The van der Waals surface area contributed by atoms with Crippen molar-refractivity contribution in [3.05, 3.63) is 35.9 Å². The number of fused-ring (bicyclic) bond motifs is 1. The highest BCUT2D eigenvalue weighted by Gasteiger charge is 2.42. The lowest BCUT2D eigenvalue weighted by Gasteiger charge is -2.40. The van der Waals surface area contributed by atoms with Crippen LogP contribution in [0.5, 0.6) is 0 Å². The van der Waals surface area contributed by atoms with E-state index in [1.165, 1.54) is 18.4 Å². The second-order valence-corrected chi connectivity index (χ2v) is 8.42. The summed E-state index contributed by atoms with van der Waals surface area (Å²) in [4.78, 5) is 24.0. The summed E-state index contributed by atoms with van der Waals surface area (Å²) in [5, 5.41) is 10.3. The zero-order chi connectivity index (χ0) is 22.4. The number of amides is 1. The number of ether oxygens (including phenoxy) is 1. The number of hydrogen-bond acceptors (Lipinski definition) is 4. The predicted molar refractivity (Wildman–Crippen MR) is 107 cm³/mol. The van der Waals surface area contributed by atoms with Crippen LogP contribution < -0.4 is 5.32 Å². The number of rotatable bonds is 6. The number of nitrogens with zero attached hydrogens (tertiary/aromatic N) is 1. The van der Waals surface area contributed by atoms with E-state index in [1.807, 2.05) is 0 Å². The molecule has 3 aliphatic rings. The molecule has 1 saturated carbocycles. The maximum atomic E-state index is 12.5. The molecule has 0 bridgehead atoms. The number of hydrogen-bond donors (Lipinski definition) is 2. The Hall–Kier alpha value is -2.13. The van der Waals surface area contributed by atoms with E-state index in [2.05, 4.69) is 40.5 Å². The van der Waals surface area contributed by atoms with Gasteiger partial charge in [0.05, 0.1) is 12.0 Å². The van der Waals surface area contributed by atoms with Crippen molar-refractivity contribution in [2.75, 3.05) is 26.2 Å². The van der Waals surface area contributed by atoms with E-state index in [4.69, 9.17) is 14.6 Å². The van der Waals surface area contributed by atoms with Crippen LogP contribution in [0.4, 0.5) is 13.2 Å². The molecule has 172 valence electrons. The van der Waals surface area contributed by atoms with Gasteiger partial charge in [0, 0.05) is 32.3 Å². The number of piperidine rings is 1. The van der Waals surface area contributed by atoms with Gasteiger partial charge in [-0.2, -0.15) is 13.2 Å². The number of likely N-dealkylation sites (tertiary alicyclic amines) is 1. The van der Waals surface area contributed by atoms with Crippen LogP contribution in [0.3, 0.4) is 0 Å². The number of carbonyl (C=O) groups is 2. The Morgan fingerprint density at radius 1 is 1.16 bits per heavy atom. The number of aliphatic carboxylic acids is 1. The molecule has 0 unspecified atom stereocenters. The molecule has 31 heavy (non-hydrogen) atoms. The normalized spacial score (nSPS) is 25.8.